The van der Waals surface area contributed by atoms with E-state index in [9.17, 15) is 60.3 Å². The second-order valence-corrected chi connectivity index (χ2v) is 9.42. The molecule has 1 aromatic heterocycles. The van der Waals surface area contributed by atoms with Crippen LogP contribution in [0.25, 0.3) is 10.9 Å². The third kappa shape index (κ3) is 5.30. The zero-order valence-corrected chi connectivity index (χ0v) is 21.4. The van der Waals surface area contributed by atoms with E-state index < -0.39 is 96.7 Å². The standard InChI is InChI=1S/C21H22BrFN4O13/c22-7-12(29)8(23)10(14(31)13(7)30)25-18-6-9(26-19(33)27-18)15(32)17(16(11(6)28)40-21(36,37)38)39-20(34,35)5-1-3-24-4-2-5/h5,24,28-32,34-38H,1-4H2,(H2,25,26,27,33). The Morgan fingerprint density at radius 1 is 0.900 bits per heavy atom. The molecule has 0 unspecified atom stereocenters. The predicted octanol–water partition coefficient (Wildman–Crippen LogP) is -0.920. The van der Waals surface area contributed by atoms with Gasteiger partial charge in [-0.05, 0) is 41.9 Å². The molecule has 0 spiro atoms. The van der Waals surface area contributed by atoms with Crippen molar-refractivity contribution in [3.8, 4) is 40.2 Å². The van der Waals surface area contributed by atoms with E-state index in [1.807, 2.05) is 4.98 Å². The SMILES string of the molecule is O=c1nc(Nc2c(O)c(O)c(Br)c(O)c2F)c2c(O)c(OC(O)(O)O)c(OC(O)(O)C3CCNCC3)c(O)c2[nH]1. The van der Waals surface area contributed by atoms with Crippen LogP contribution in [0.5, 0.6) is 40.2 Å². The summed E-state index contributed by atoms with van der Waals surface area (Å²) in [5.74, 6) is -15.1. The number of benzene rings is 2. The molecule has 4 rings (SSSR count). The first-order chi connectivity index (χ1) is 18.5. The van der Waals surface area contributed by atoms with Gasteiger partial charge in [0.2, 0.25) is 11.5 Å². The highest BCUT2D eigenvalue weighted by atomic mass is 79.9. The van der Waals surface area contributed by atoms with Crippen molar-refractivity contribution in [2.45, 2.75) is 25.0 Å². The molecule has 2 aromatic carbocycles. The second kappa shape index (κ2) is 10.3. The van der Waals surface area contributed by atoms with E-state index in [4.69, 9.17) is 4.74 Å². The van der Waals surface area contributed by atoms with Gasteiger partial charge in [-0.1, -0.05) is 0 Å². The number of phenolic OH excluding ortho intramolecular Hbond substituents is 5. The maximum atomic E-state index is 14.8. The van der Waals surface area contributed by atoms with Crippen LogP contribution in [0.1, 0.15) is 12.8 Å². The number of hydrogen-bond donors (Lipinski definition) is 13. The maximum absolute atomic E-state index is 14.8. The van der Waals surface area contributed by atoms with Gasteiger partial charge in [0.05, 0.1) is 11.3 Å². The number of rotatable bonds is 7. The van der Waals surface area contributed by atoms with Crippen molar-refractivity contribution in [1.29, 1.82) is 0 Å². The Hall–Kier alpha value is -3.85. The fraction of sp³-hybridized carbons (Fsp3) is 0.333. The van der Waals surface area contributed by atoms with Gasteiger partial charge >= 0.3 is 17.8 Å². The summed E-state index contributed by atoms with van der Waals surface area (Å²) in [5, 5.41) is 106. The number of aromatic nitrogens is 2. The summed E-state index contributed by atoms with van der Waals surface area (Å²) >= 11 is 2.65. The minimum absolute atomic E-state index is 0.157. The Labute approximate surface area is 229 Å². The van der Waals surface area contributed by atoms with Crippen LogP contribution >= 0.6 is 15.9 Å². The highest BCUT2D eigenvalue weighted by Gasteiger charge is 2.42. The highest BCUT2D eigenvalue weighted by molar-refractivity contribution is 9.10. The van der Waals surface area contributed by atoms with Gasteiger partial charge in [0, 0.05) is 0 Å². The number of nitrogens with one attached hydrogen (secondary N) is 3. The molecule has 0 radical (unpaired) electrons. The molecule has 13 N–H and O–H groups in total. The van der Waals surface area contributed by atoms with Crippen molar-refractivity contribution < 1.29 is 64.9 Å². The van der Waals surface area contributed by atoms with E-state index in [2.05, 4.69) is 36.3 Å². The molecule has 1 aliphatic heterocycles. The first-order valence-corrected chi connectivity index (χ1v) is 11.9. The Morgan fingerprint density at radius 2 is 1.50 bits per heavy atom. The summed E-state index contributed by atoms with van der Waals surface area (Å²) in [6.45, 7) is 0.696. The lowest BCUT2D eigenvalue weighted by molar-refractivity contribution is -0.420. The van der Waals surface area contributed by atoms with Crippen LogP contribution in [-0.2, 0) is 0 Å². The van der Waals surface area contributed by atoms with Crippen LogP contribution in [0.3, 0.4) is 0 Å². The lowest BCUT2D eigenvalue weighted by Crippen LogP contribution is -2.48. The summed E-state index contributed by atoms with van der Waals surface area (Å²) in [4.78, 5) is 17.8. The molecule has 0 amide bonds. The Balaban J connectivity index is 1.97. The number of ether oxygens (including phenoxy) is 2. The largest absolute Gasteiger partial charge is 0.504 e. The van der Waals surface area contributed by atoms with Crippen molar-refractivity contribution in [2.75, 3.05) is 18.4 Å². The lowest BCUT2D eigenvalue weighted by atomic mass is 9.95. The average molecular weight is 637 g/mol. The molecular formula is C21H22BrFN4O13. The molecule has 1 fully saturated rings. The first kappa shape index (κ1) is 29.1. The van der Waals surface area contributed by atoms with Crippen LogP contribution in [0.2, 0.25) is 0 Å². The summed E-state index contributed by atoms with van der Waals surface area (Å²) in [6, 6.07) is 0. The molecule has 1 saturated heterocycles. The number of H-pyrrole nitrogens is 1. The van der Waals surface area contributed by atoms with Crippen LogP contribution in [0.15, 0.2) is 9.27 Å². The quantitative estimate of drug-likeness (QED) is 0.0847. The zero-order chi connectivity index (χ0) is 29.7. The Kier molecular flexibility index (Phi) is 7.49. The lowest BCUT2D eigenvalue weighted by Gasteiger charge is -2.34. The van der Waals surface area contributed by atoms with Gasteiger partial charge in [-0.3, -0.25) is 0 Å². The predicted molar refractivity (Wildman–Crippen MR) is 131 cm³/mol. The number of nitrogens with zero attached hydrogens (tertiary/aromatic N) is 1. The molecule has 17 nitrogen and oxygen atoms in total. The number of hydrogen-bond acceptors (Lipinski definition) is 16. The number of aromatic amines is 1. The van der Waals surface area contributed by atoms with Gasteiger partial charge in [0.15, 0.2) is 34.6 Å². The van der Waals surface area contributed by atoms with Crippen LogP contribution in [0.4, 0.5) is 15.9 Å². The summed E-state index contributed by atoms with van der Waals surface area (Å²) in [6.07, 6.45) is -3.75. The molecule has 40 heavy (non-hydrogen) atoms. The molecule has 19 heteroatoms. The van der Waals surface area contributed by atoms with Gasteiger partial charge in [-0.2, -0.15) is 4.98 Å². The van der Waals surface area contributed by atoms with Crippen molar-refractivity contribution in [2.24, 2.45) is 5.92 Å². The normalized spacial score (nSPS) is 14.9. The van der Waals surface area contributed by atoms with Gasteiger partial charge in [0.25, 0.3) is 0 Å². The van der Waals surface area contributed by atoms with Gasteiger partial charge < -0.3 is 76.2 Å². The van der Waals surface area contributed by atoms with Gasteiger partial charge in [-0.25, -0.2) is 9.18 Å². The van der Waals surface area contributed by atoms with E-state index in [1.54, 1.807) is 0 Å². The number of halogens is 2. The van der Waals surface area contributed by atoms with E-state index in [0.717, 1.165) is 0 Å². The molecule has 3 aromatic rings. The van der Waals surface area contributed by atoms with Crippen molar-refractivity contribution >= 4 is 38.3 Å². The number of phenols is 5. The molecule has 2 heterocycles. The summed E-state index contributed by atoms with van der Waals surface area (Å²) in [5.41, 5.74) is -3.14. The number of aliphatic hydroxyl groups is 5. The van der Waals surface area contributed by atoms with E-state index in [0.29, 0.717) is 13.1 Å². The summed E-state index contributed by atoms with van der Waals surface area (Å²) in [7, 11) is 0. The minimum Gasteiger partial charge on any atom is -0.504 e. The second-order valence-electron chi connectivity index (χ2n) is 8.63. The number of aromatic hydroxyl groups is 5. The van der Waals surface area contributed by atoms with Crippen molar-refractivity contribution in [3.05, 3.63) is 20.8 Å². The molecule has 0 atom stereocenters. The third-order valence-electron chi connectivity index (χ3n) is 5.95. The van der Waals surface area contributed by atoms with E-state index >= 15 is 0 Å². The van der Waals surface area contributed by atoms with Gasteiger partial charge in [0.1, 0.15) is 21.5 Å². The van der Waals surface area contributed by atoms with Crippen LogP contribution < -0.4 is 25.8 Å². The minimum atomic E-state index is -4.06. The Morgan fingerprint density at radius 3 is 2.10 bits per heavy atom. The van der Waals surface area contributed by atoms with Gasteiger partial charge in [-0.15, -0.1) is 0 Å². The van der Waals surface area contributed by atoms with Crippen molar-refractivity contribution in [3.63, 3.8) is 0 Å². The van der Waals surface area contributed by atoms with Crippen molar-refractivity contribution in [1.82, 2.24) is 15.3 Å². The number of anilines is 2. The topological polar surface area (TPSA) is 291 Å². The monoisotopic (exact) mass is 636 g/mol. The Bertz CT molecular complexity index is 1510. The highest BCUT2D eigenvalue weighted by Crippen LogP contribution is 2.54. The average Bonchev–Trinajstić information content (AvgIpc) is 2.89. The molecule has 1 aliphatic rings. The number of fused-ring (bicyclic) bond motifs is 1. The number of piperidine rings is 1. The molecule has 0 bridgehead atoms. The molecule has 0 saturated carbocycles. The first-order valence-electron chi connectivity index (χ1n) is 11.1. The molecule has 218 valence electrons. The third-order valence-corrected chi connectivity index (χ3v) is 6.70. The smallest absolute Gasteiger partial charge is 0.453 e. The molecule has 0 aliphatic carbocycles. The zero-order valence-electron chi connectivity index (χ0n) is 19.8. The summed E-state index contributed by atoms with van der Waals surface area (Å²) < 4.78 is 23.7. The maximum Gasteiger partial charge on any atom is 0.453 e. The fourth-order valence-corrected chi connectivity index (χ4v) is 4.42. The van der Waals surface area contributed by atoms with E-state index in [-0.39, 0.29) is 12.8 Å². The fourth-order valence-electron chi connectivity index (χ4n) is 4.06. The van der Waals surface area contributed by atoms with E-state index in [1.165, 1.54) is 0 Å². The van der Waals surface area contributed by atoms with Crippen LogP contribution in [0, 0.1) is 11.7 Å². The molecular weight excluding hydrogens is 615 g/mol. The van der Waals surface area contributed by atoms with Crippen LogP contribution in [-0.4, -0.2) is 86.3 Å².